The van der Waals surface area contributed by atoms with Crippen LogP contribution in [0.1, 0.15) is 41.6 Å². The third-order valence-corrected chi connectivity index (χ3v) is 8.59. The number of fused-ring (bicyclic) bond motifs is 3. The number of allylic oxidation sites excluding steroid dienone is 6. The van der Waals surface area contributed by atoms with E-state index in [1.165, 1.54) is 19.3 Å². The average molecular weight is 556 g/mol. The van der Waals surface area contributed by atoms with Crippen molar-refractivity contribution in [3.05, 3.63) is 82.0 Å². The summed E-state index contributed by atoms with van der Waals surface area (Å²) in [5.74, 6) is -6.76. The van der Waals surface area contributed by atoms with Gasteiger partial charge in [0.2, 0.25) is 11.8 Å². The maximum absolute atomic E-state index is 13.9. The van der Waals surface area contributed by atoms with Gasteiger partial charge < -0.3 is 20.1 Å². The van der Waals surface area contributed by atoms with Gasteiger partial charge in [0.15, 0.2) is 23.1 Å². The van der Waals surface area contributed by atoms with Crippen LogP contribution in [0.4, 0.5) is 5.69 Å². The monoisotopic (exact) mass is 555 g/mol. The highest BCUT2D eigenvalue weighted by molar-refractivity contribution is 6.25. The van der Waals surface area contributed by atoms with Crippen molar-refractivity contribution in [2.24, 2.45) is 17.8 Å². The topological polar surface area (TPSA) is 159 Å². The summed E-state index contributed by atoms with van der Waals surface area (Å²) in [5, 5.41) is 30.6. The molecule has 2 amide bonds. The standard InChI is InChI=1S/C31H25NO9/c1-13-10-22(34)26-20(27(13)35)12-19-15(24(26)17-4-3-5-23(41-2)28(17)36)8-9-18-25(19)30(38)32(29(18)37)14-6-7-16(31(39)40)21(33)11-14/h3-8,10-11,18-19,24-25,33,36H,9,12H2,1-2H3,(H,39,40)/t18-,19+,24+,25-/m0/s1. The number of ether oxygens (including phenoxy) is 1. The van der Waals surface area contributed by atoms with E-state index in [-0.39, 0.29) is 63.9 Å². The van der Waals surface area contributed by atoms with Gasteiger partial charge >= 0.3 is 5.97 Å². The quantitative estimate of drug-likeness (QED) is 0.292. The summed E-state index contributed by atoms with van der Waals surface area (Å²) in [7, 11) is 1.40. The van der Waals surface area contributed by atoms with Gasteiger partial charge in [-0.05, 0) is 50.0 Å². The second-order valence-corrected chi connectivity index (χ2v) is 10.6. The first kappa shape index (κ1) is 26.2. The van der Waals surface area contributed by atoms with Gasteiger partial charge in [-0.15, -0.1) is 0 Å². The number of Topliss-reactive ketones (excluding diaryl/α,β-unsaturated/α-hetero) is 1. The lowest BCUT2D eigenvalue weighted by molar-refractivity contribution is -0.123. The number of carboxylic acid groups (broad SMARTS) is 1. The number of hydrogen-bond donors (Lipinski definition) is 3. The van der Waals surface area contributed by atoms with Crippen molar-refractivity contribution in [2.45, 2.75) is 25.7 Å². The van der Waals surface area contributed by atoms with Crippen LogP contribution in [0.3, 0.4) is 0 Å². The minimum absolute atomic E-state index is 0.0406. The van der Waals surface area contributed by atoms with Crippen molar-refractivity contribution in [1.29, 1.82) is 0 Å². The number of anilines is 1. The average Bonchev–Trinajstić information content (AvgIpc) is 3.20. The van der Waals surface area contributed by atoms with E-state index in [2.05, 4.69) is 0 Å². The van der Waals surface area contributed by atoms with Crippen molar-refractivity contribution in [1.82, 2.24) is 0 Å². The Balaban J connectivity index is 1.48. The second kappa shape index (κ2) is 9.29. The number of imide groups is 1. The Labute approximate surface area is 233 Å². The molecule has 2 aromatic rings. The fourth-order valence-corrected chi connectivity index (χ4v) is 6.77. The van der Waals surface area contributed by atoms with Crippen molar-refractivity contribution in [3.8, 4) is 17.2 Å². The molecule has 41 heavy (non-hydrogen) atoms. The first-order valence-electron chi connectivity index (χ1n) is 13.0. The molecule has 0 saturated carbocycles. The normalized spacial score (nSPS) is 25.4. The fourth-order valence-electron chi connectivity index (χ4n) is 6.77. The first-order chi connectivity index (χ1) is 19.5. The van der Waals surface area contributed by atoms with Crippen LogP contribution in [0.2, 0.25) is 0 Å². The van der Waals surface area contributed by atoms with Gasteiger partial charge in [0.05, 0.1) is 24.6 Å². The number of nitrogens with zero attached hydrogens (tertiary/aromatic N) is 1. The molecule has 1 fully saturated rings. The summed E-state index contributed by atoms with van der Waals surface area (Å²) >= 11 is 0. The van der Waals surface area contributed by atoms with Crippen LogP contribution in [0.15, 0.2) is 70.8 Å². The van der Waals surface area contributed by atoms with Crippen molar-refractivity contribution < 1.29 is 44.0 Å². The lowest BCUT2D eigenvalue weighted by Gasteiger charge is -2.42. The molecule has 6 rings (SSSR count). The molecule has 4 atom stereocenters. The lowest BCUT2D eigenvalue weighted by Crippen LogP contribution is -2.39. The largest absolute Gasteiger partial charge is 0.507 e. The number of benzene rings is 2. The smallest absolute Gasteiger partial charge is 0.339 e. The zero-order chi connectivity index (χ0) is 29.3. The predicted octanol–water partition coefficient (Wildman–Crippen LogP) is 3.44. The van der Waals surface area contributed by atoms with Crippen LogP contribution >= 0.6 is 0 Å². The summed E-state index contributed by atoms with van der Waals surface area (Å²) in [6.07, 6.45) is 3.35. The molecule has 4 aliphatic rings. The van der Waals surface area contributed by atoms with Gasteiger partial charge in [-0.1, -0.05) is 23.8 Å². The number of amides is 2. The Morgan fingerprint density at radius 1 is 1.02 bits per heavy atom. The highest BCUT2D eigenvalue weighted by Gasteiger charge is 2.57. The van der Waals surface area contributed by atoms with Gasteiger partial charge in [0.1, 0.15) is 11.3 Å². The number of carbonyl (C=O) groups is 5. The Bertz CT molecular complexity index is 1690. The summed E-state index contributed by atoms with van der Waals surface area (Å²) in [5.41, 5.74) is 1.45. The number of ketones is 2. The van der Waals surface area contributed by atoms with Crippen LogP contribution in [0.5, 0.6) is 17.2 Å². The van der Waals surface area contributed by atoms with Crippen molar-refractivity contribution in [3.63, 3.8) is 0 Å². The zero-order valence-electron chi connectivity index (χ0n) is 22.1. The Hall–Kier alpha value is -4.99. The second-order valence-electron chi connectivity index (χ2n) is 10.6. The van der Waals surface area contributed by atoms with E-state index in [0.29, 0.717) is 11.1 Å². The Kier molecular flexibility index (Phi) is 5.95. The number of hydrogen-bond acceptors (Lipinski definition) is 8. The van der Waals surface area contributed by atoms with Gasteiger partial charge in [0, 0.05) is 34.3 Å². The molecule has 0 radical (unpaired) electrons. The van der Waals surface area contributed by atoms with Crippen LogP contribution in [-0.4, -0.2) is 51.8 Å². The van der Waals surface area contributed by atoms with Crippen molar-refractivity contribution >= 4 is 35.0 Å². The van der Waals surface area contributed by atoms with Gasteiger partial charge in [-0.25, -0.2) is 9.69 Å². The van der Waals surface area contributed by atoms with E-state index in [4.69, 9.17) is 4.74 Å². The number of phenolic OH excluding ortho intramolecular Hbond substituents is 1. The number of phenols is 2. The van der Waals surface area contributed by atoms with Crippen LogP contribution in [-0.2, 0) is 19.2 Å². The number of rotatable bonds is 4. The molecule has 0 unspecified atom stereocenters. The predicted molar refractivity (Wildman–Crippen MR) is 144 cm³/mol. The van der Waals surface area contributed by atoms with E-state index in [1.54, 1.807) is 25.1 Å². The maximum atomic E-state index is 13.9. The molecule has 2 aromatic carbocycles. The molecular formula is C31H25NO9. The first-order valence-corrected chi connectivity index (χ1v) is 13.0. The number of aromatic carboxylic acids is 1. The van der Waals surface area contributed by atoms with Crippen molar-refractivity contribution in [2.75, 3.05) is 12.0 Å². The minimum Gasteiger partial charge on any atom is -0.507 e. The summed E-state index contributed by atoms with van der Waals surface area (Å²) in [6, 6.07) is 8.37. The molecule has 0 spiro atoms. The van der Waals surface area contributed by atoms with Crippen LogP contribution in [0, 0.1) is 17.8 Å². The molecule has 10 nitrogen and oxygen atoms in total. The highest BCUT2D eigenvalue weighted by atomic mass is 16.5. The number of carbonyl (C=O) groups excluding carboxylic acids is 4. The minimum atomic E-state index is -1.36. The number of methoxy groups -OCH3 is 1. The van der Waals surface area contributed by atoms with E-state index in [1.807, 2.05) is 6.08 Å². The molecule has 1 saturated heterocycles. The Morgan fingerprint density at radius 3 is 2.46 bits per heavy atom. The highest BCUT2D eigenvalue weighted by Crippen LogP contribution is 2.57. The molecule has 10 heteroatoms. The molecule has 0 bridgehead atoms. The molecule has 1 heterocycles. The summed E-state index contributed by atoms with van der Waals surface area (Å²) in [6.45, 7) is 1.55. The van der Waals surface area contributed by atoms with Gasteiger partial charge in [-0.3, -0.25) is 19.2 Å². The third-order valence-electron chi connectivity index (χ3n) is 8.59. The molecule has 3 aliphatic carbocycles. The molecule has 1 aliphatic heterocycles. The summed E-state index contributed by atoms with van der Waals surface area (Å²) < 4.78 is 5.30. The van der Waals surface area contributed by atoms with E-state index >= 15 is 0 Å². The zero-order valence-corrected chi connectivity index (χ0v) is 22.1. The molecule has 0 aromatic heterocycles. The number of para-hydroxylation sites is 1. The number of aromatic hydroxyl groups is 2. The van der Waals surface area contributed by atoms with Crippen LogP contribution < -0.4 is 9.64 Å². The van der Waals surface area contributed by atoms with Gasteiger partial charge in [0.25, 0.3) is 0 Å². The van der Waals surface area contributed by atoms with Gasteiger partial charge in [-0.2, -0.15) is 0 Å². The third kappa shape index (κ3) is 3.74. The number of carboxylic acids is 1. The SMILES string of the molecule is COc1cccc([C@H]2C3=CC[C@@H]4C(=O)N(c5ccc(C(=O)O)c(O)c5)C(=O)[C@@H]4[C@@H]3CC3=C2C(=O)C=C(C)C3=O)c1O. The summed E-state index contributed by atoms with van der Waals surface area (Å²) in [4.78, 5) is 66.6. The molecule has 208 valence electrons. The molecule has 3 N–H and O–H groups in total. The maximum Gasteiger partial charge on any atom is 0.339 e. The Morgan fingerprint density at radius 2 is 1.78 bits per heavy atom. The fraction of sp³-hybridized carbons (Fsp3) is 0.258. The van der Waals surface area contributed by atoms with E-state index in [9.17, 15) is 39.3 Å². The van der Waals surface area contributed by atoms with E-state index in [0.717, 1.165) is 17.0 Å². The molecular weight excluding hydrogens is 530 g/mol. The van der Waals surface area contributed by atoms with Crippen LogP contribution in [0.25, 0.3) is 0 Å². The van der Waals surface area contributed by atoms with E-state index < -0.39 is 47.2 Å². The lowest BCUT2D eigenvalue weighted by atomic mass is 9.59.